The van der Waals surface area contributed by atoms with Gasteiger partial charge in [-0.1, -0.05) is 25.3 Å². The van der Waals surface area contributed by atoms with Crippen molar-refractivity contribution in [3.63, 3.8) is 0 Å². The normalized spacial score (nSPS) is 10.9. The van der Waals surface area contributed by atoms with Crippen molar-refractivity contribution >= 4 is 11.6 Å². The number of guanidine groups is 1. The molecule has 2 N–H and O–H groups in total. The Morgan fingerprint density at radius 1 is 1.15 bits per heavy atom. The lowest BCUT2D eigenvalue weighted by atomic mass is 10.1. The number of hydrogen-bond acceptors (Lipinski definition) is 4. The van der Waals surface area contributed by atoms with Crippen molar-refractivity contribution in [1.82, 2.24) is 10.3 Å². The lowest BCUT2D eigenvalue weighted by molar-refractivity contribution is 0.303. The van der Waals surface area contributed by atoms with E-state index in [9.17, 15) is 4.39 Å². The van der Waals surface area contributed by atoms with Gasteiger partial charge in [0.05, 0.1) is 18.5 Å². The van der Waals surface area contributed by atoms with Gasteiger partial charge in [0.1, 0.15) is 11.6 Å². The smallest absolute Gasteiger partial charge is 0.209 e. The summed E-state index contributed by atoms with van der Waals surface area (Å²) in [6, 6.07) is 9.86. The number of nitriles is 1. The van der Waals surface area contributed by atoms with E-state index in [1.807, 2.05) is 18.3 Å². The molecule has 0 spiro atoms. The number of hydrogen-bond donors (Lipinski definition) is 2. The molecule has 0 aliphatic heterocycles. The van der Waals surface area contributed by atoms with E-state index >= 15 is 0 Å². The van der Waals surface area contributed by atoms with Crippen LogP contribution in [0.4, 0.5) is 10.1 Å². The fourth-order valence-corrected chi connectivity index (χ4v) is 2.42. The van der Waals surface area contributed by atoms with Crippen LogP contribution >= 0.6 is 0 Å². The van der Waals surface area contributed by atoms with Crippen LogP contribution in [0, 0.1) is 17.3 Å². The lowest BCUT2D eigenvalue weighted by Gasteiger charge is -2.07. The molecule has 1 heterocycles. The van der Waals surface area contributed by atoms with Crippen LogP contribution in [-0.4, -0.2) is 24.1 Å². The van der Waals surface area contributed by atoms with Gasteiger partial charge >= 0.3 is 0 Å². The van der Waals surface area contributed by atoms with Gasteiger partial charge in [0.2, 0.25) is 5.96 Å². The number of unbranched alkanes of at least 4 members (excludes halogenated alkanes) is 4. The van der Waals surface area contributed by atoms with Gasteiger partial charge in [-0.3, -0.25) is 15.3 Å². The molecule has 0 bridgehead atoms. The minimum Gasteiger partial charge on any atom is -0.493 e. The van der Waals surface area contributed by atoms with E-state index in [0.29, 0.717) is 24.9 Å². The quantitative estimate of drug-likeness (QED) is 0.217. The molecule has 0 fully saturated rings. The highest BCUT2D eigenvalue weighted by atomic mass is 19.1. The second kappa shape index (κ2) is 12.3. The number of ether oxygens (including phenoxy) is 1. The summed E-state index contributed by atoms with van der Waals surface area (Å²) >= 11 is 0. The molecule has 1 aromatic heterocycles. The first-order valence-electron chi connectivity index (χ1n) is 9.03. The van der Waals surface area contributed by atoms with Gasteiger partial charge in [0.15, 0.2) is 6.19 Å². The Morgan fingerprint density at radius 3 is 2.78 bits per heavy atom. The standard InChI is InChI=1S/C20H24FN5O/c21-17-8-6-10-19(14-17)27-13-5-3-1-2-4-12-24-20(25-16-22)26-18-9-7-11-23-15-18/h6-11,14-15H,1-5,12-13H2,(H2,24,25,26). The number of benzene rings is 1. The Bertz CT molecular complexity index is 746. The summed E-state index contributed by atoms with van der Waals surface area (Å²) in [4.78, 5) is 8.38. The Morgan fingerprint density at radius 2 is 2.00 bits per heavy atom. The molecular formula is C20H24FN5O. The Kier molecular flexibility index (Phi) is 9.15. The van der Waals surface area contributed by atoms with Gasteiger partial charge in [-0.2, -0.15) is 5.26 Å². The molecule has 0 amide bonds. The van der Waals surface area contributed by atoms with Crippen LogP contribution in [0.1, 0.15) is 32.1 Å². The maximum atomic E-state index is 13.0. The van der Waals surface area contributed by atoms with Crippen LogP contribution in [-0.2, 0) is 0 Å². The molecule has 27 heavy (non-hydrogen) atoms. The van der Waals surface area contributed by atoms with E-state index in [0.717, 1.165) is 37.8 Å². The highest BCUT2D eigenvalue weighted by molar-refractivity contribution is 5.94. The zero-order valence-electron chi connectivity index (χ0n) is 15.2. The molecule has 1 aromatic carbocycles. The van der Waals surface area contributed by atoms with Crippen LogP contribution in [0.5, 0.6) is 5.75 Å². The number of aromatic nitrogens is 1. The number of aliphatic imine (C=N–C) groups is 1. The summed E-state index contributed by atoms with van der Waals surface area (Å²) in [5.41, 5.74) is 0.775. The van der Waals surface area contributed by atoms with E-state index < -0.39 is 0 Å². The van der Waals surface area contributed by atoms with Gasteiger partial charge in [-0.05, 0) is 37.1 Å². The van der Waals surface area contributed by atoms with Crippen molar-refractivity contribution in [2.24, 2.45) is 4.99 Å². The fourth-order valence-electron chi connectivity index (χ4n) is 2.42. The summed E-state index contributed by atoms with van der Waals surface area (Å²) < 4.78 is 18.5. The summed E-state index contributed by atoms with van der Waals surface area (Å²) in [7, 11) is 0. The first-order valence-corrected chi connectivity index (χ1v) is 9.03. The topological polar surface area (TPSA) is 82.3 Å². The van der Waals surface area contributed by atoms with E-state index in [1.165, 1.54) is 12.1 Å². The average Bonchev–Trinajstić information content (AvgIpc) is 2.67. The van der Waals surface area contributed by atoms with E-state index in [1.54, 1.807) is 24.5 Å². The Labute approximate surface area is 159 Å². The summed E-state index contributed by atoms with van der Waals surface area (Å²) in [6.45, 7) is 1.23. The first kappa shape index (κ1) is 20.2. The second-order valence-corrected chi connectivity index (χ2v) is 5.91. The third-order valence-corrected chi connectivity index (χ3v) is 3.74. The largest absolute Gasteiger partial charge is 0.493 e. The Hall–Kier alpha value is -3.14. The van der Waals surface area contributed by atoms with Gasteiger partial charge in [0, 0.05) is 18.8 Å². The van der Waals surface area contributed by atoms with Crippen molar-refractivity contribution in [3.8, 4) is 11.9 Å². The molecular weight excluding hydrogens is 345 g/mol. The van der Waals surface area contributed by atoms with Gasteiger partial charge in [0.25, 0.3) is 0 Å². The third-order valence-electron chi connectivity index (χ3n) is 3.74. The molecule has 0 atom stereocenters. The number of nitrogens with zero attached hydrogens (tertiary/aromatic N) is 3. The monoisotopic (exact) mass is 369 g/mol. The number of halogens is 1. The lowest BCUT2D eigenvalue weighted by Crippen LogP contribution is -2.27. The highest BCUT2D eigenvalue weighted by Gasteiger charge is 1.99. The predicted octanol–water partition coefficient (Wildman–Crippen LogP) is 4.09. The van der Waals surface area contributed by atoms with Crippen molar-refractivity contribution < 1.29 is 9.13 Å². The summed E-state index contributed by atoms with van der Waals surface area (Å²) in [6.07, 6.45) is 10.3. The predicted molar refractivity (Wildman–Crippen MR) is 104 cm³/mol. The number of pyridine rings is 1. The Balaban J connectivity index is 1.55. The minimum atomic E-state index is -0.281. The summed E-state index contributed by atoms with van der Waals surface area (Å²) in [5.74, 6) is 0.716. The molecule has 0 saturated heterocycles. The van der Waals surface area contributed by atoms with Crippen LogP contribution in [0.25, 0.3) is 0 Å². The van der Waals surface area contributed by atoms with Gasteiger partial charge < -0.3 is 10.1 Å². The molecule has 2 aromatic rings. The summed E-state index contributed by atoms with van der Waals surface area (Å²) in [5, 5.41) is 14.4. The molecule has 6 nitrogen and oxygen atoms in total. The van der Waals surface area contributed by atoms with Crippen LogP contribution in [0.3, 0.4) is 0 Å². The number of nitrogens with one attached hydrogen (secondary N) is 2. The second-order valence-electron chi connectivity index (χ2n) is 5.91. The molecule has 2 rings (SSSR count). The van der Waals surface area contributed by atoms with Crippen molar-refractivity contribution in [3.05, 3.63) is 54.6 Å². The minimum absolute atomic E-state index is 0.281. The van der Waals surface area contributed by atoms with Crippen LogP contribution in [0.2, 0.25) is 0 Å². The molecule has 0 saturated carbocycles. The molecule has 0 radical (unpaired) electrons. The average molecular weight is 369 g/mol. The van der Waals surface area contributed by atoms with Gasteiger partial charge in [-0.15, -0.1) is 0 Å². The molecule has 0 aliphatic carbocycles. The molecule has 142 valence electrons. The maximum absolute atomic E-state index is 13.0. The van der Waals surface area contributed by atoms with E-state index in [-0.39, 0.29) is 5.82 Å². The highest BCUT2D eigenvalue weighted by Crippen LogP contribution is 2.13. The SMILES string of the molecule is N#CNC(=NCCCCCCCOc1cccc(F)c1)Nc1cccnc1. The van der Waals surface area contributed by atoms with Crippen molar-refractivity contribution in [2.45, 2.75) is 32.1 Å². The van der Waals surface area contributed by atoms with Crippen molar-refractivity contribution in [1.29, 1.82) is 5.26 Å². The number of anilines is 1. The fraction of sp³-hybridized carbons (Fsp3) is 0.350. The van der Waals surface area contributed by atoms with E-state index in [4.69, 9.17) is 10.00 Å². The maximum Gasteiger partial charge on any atom is 0.209 e. The molecule has 7 heteroatoms. The molecule has 0 aliphatic rings. The van der Waals surface area contributed by atoms with Crippen LogP contribution in [0.15, 0.2) is 53.8 Å². The first-order chi connectivity index (χ1) is 13.3. The number of rotatable bonds is 10. The van der Waals surface area contributed by atoms with Crippen LogP contribution < -0.4 is 15.4 Å². The third kappa shape index (κ3) is 8.68. The van der Waals surface area contributed by atoms with Gasteiger partial charge in [-0.25, -0.2) is 4.39 Å². The zero-order valence-corrected chi connectivity index (χ0v) is 15.2. The van der Waals surface area contributed by atoms with Crippen molar-refractivity contribution in [2.75, 3.05) is 18.5 Å². The molecule has 0 unspecified atom stereocenters. The zero-order chi connectivity index (χ0) is 19.2. The van der Waals surface area contributed by atoms with E-state index in [2.05, 4.69) is 20.6 Å².